The molecule has 0 aliphatic rings. The number of nitrogens with two attached hydrogens (primary N) is 1. The van der Waals surface area contributed by atoms with Gasteiger partial charge >= 0.3 is 6.61 Å². The van der Waals surface area contributed by atoms with E-state index in [-0.39, 0.29) is 29.0 Å². The first kappa shape index (κ1) is 17.1. The maximum absolute atomic E-state index is 12.5. The first-order valence-electron chi connectivity index (χ1n) is 6.75. The molecule has 9 heteroatoms. The Labute approximate surface area is 137 Å². The van der Waals surface area contributed by atoms with Crippen molar-refractivity contribution in [2.45, 2.75) is 6.61 Å². The second-order valence-corrected chi connectivity index (χ2v) is 4.80. The molecule has 2 rings (SSSR count). The van der Waals surface area contributed by atoms with Gasteiger partial charge in [0.25, 0.3) is 0 Å². The lowest BCUT2D eigenvalue weighted by molar-refractivity contribution is -0.0499. The number of allylic oxidation sites excluding steroid dienone is 1. The number of aromatic nitrogens is 3. The van der Waals surface area contributed by atoms with Crippen LogP contribution in [-0.4, -0.2) is 35.7 Å². The first-order valence-corrected chi connectivity index (χ1v) is 6.75. The number of nitriles is 1. The Hall–Kier alpha value is -3.28. The standard InChI is InChI=1S/C15H14F2N6O/c1-23(2)15-21-12(20-14(19)22-15)10(8-18)7-9-5-3-4-6-11(9)24-13(16)17/h3-7,13H,1-2H3,(H2,19,20,21,22)/b10-7+. The van der Waals surface area contributed by atoms with Gasteiger partial charge in [0.2, 0.25) is 11.9 Å². The molecule has 2 aromatic rings. The van der Waals surface area contributed by atoms with Crippen molar-refractivity contribution in [3.8, 4) is 11.8 Å². The van der Waals surface area contributed by atoms with Crippen LogP contribution >= 0.6 is 0 Å². The molecule has 0 aliphatic carbocycles. The molecule has 0 bridgehead atoms. The van der Waals surface area contributed by atoms with Crippen LogP contribution in [0.4, 0.5) is 20.7 Å². The summed E-state index contributed by atoms with van der Waals surface area (Å²) in [7, 11) is 3.42. The van der Waals surface area contributed by atoms with Crippen LogP contribution in [0.2, 0.25) is 0 Å². The van der Waals surface area contributed by atoms with Crippen molar-refractivity contribution in [2.75, 3.05) is 24.7 Å². The van der Waals surface area contributed by atoms with Gasteiger partial charge < -0.3 is 15.4 Å². The second kappa shape index (κ2) is 7.32. The van der Waals surface area contributed by atoms with Crippen molar-refractivity contribution < 1.29 is 13.5 Å². The van der Waals surface area contributed by atoms with Crippen molar-refractivity contribution in [1.29, 1.82) is 5.26 Å². The maximum Gasteiger partial charge on any atom is 0.387 e. The molecule has 0 atom stereocenters. The van der Waals surface area contributed by atoms with Crippen LogP contribution in [0.5, 0.6) is 5.75 Å². The van der Waals surface area contributed by atoms with Crippen LogP contribution in [0.15, 0.2) is 24.3 Å². The smallest absolute Gasteiger partial charge is 0.387 e. The fourth-order valence-electron chi connectivity index (χ4n) is 1.81. The molecule has 1 heterocycles. The maximum atomic E-state index is 12.5. The zero-order valence-electron chi connectivity index (χ0n) is 12.9. The van der Waals surface area contributed by atoms with E-state index in [1.165, 1.54) is 18.2 Å². The van der Waals surface area contributed by atoms with Crippen molar-refractivity contribution in [3.63, 3.8) is 0 Å². The van der Waals surface area contributed by atoms with E-state index in [9.17, 15) is 14.0 Å². The summed E-state index contributed by atoms with van der Waals surface area (Å²) < 4.78 is 29.4. The van der Waals surface area contributed by atoms with Gasteiger partial charge in [0.1, 0.15) is 11.8 Å². The van der Waals surface area contributed by atoms with Gasteiger partial charge in [0, 0.05) is 19.7 Å². The third kappa shape index (κ3) is 4.13. The van der Waals surface area contributed by atoms with Crippen LogP contribution in [0, 0.1) is 11.3 Å². The Balaban J connectivity index is 2.50. The highest BCUT2D eigenvalue weighted by atomic mass is 19.3. The van der Waals surface area contributed by atoms with Gasteiger partial charge in [-0.3, -0.25) is 0 Å². The van der Waals surface area contributed by atoms with Crippen LogP contribution in [0.25, 0.3) is 11.6 Å². The fraction of sp³-hybridized carbons (Fsp3) is 0.200. The number of halogens is 2. The van der Waals surface area contributed by atoms with Crippen LogP contribution < -0.4 is 15.4 Å². The van der Waals surface area contributed by atoms with E-state index in [0.717, 1.165) is 0 Å². The second-order valence-electron chi connectivity index (χ2n) is 4.80. The van der Waals surface area contributed by atoms with E-state index in [0.29, 0.717) is 5.56 Å². The Kier molecular flexibility index (Phi) is 5.21. The molecule has 0 radical (unpaired) electrons. The summed E-state index contributed by atoms with van der Waals surface area (Å²) in [5, 5.41) is 9.37. The summed E-state index contributed by atoms with van der Waals surface area (Å²) in [5.41, 5.74) is 5.96. The molecule has 2 N–H and O–H groups in total. The number of nitrogens with zero attached hydrogens (tertiary/aromatic N) is 5. The number of hydrogen-bond donors (Lipinski definition) is 1. The predicted molar refractivity (Wildman–Crippen MR) is 85.1 cm³/mol. The normalized spacial score (nSPS) is 11.2. The minimum atomic E-state index is -2.97. The minimum absolute atomic E-state index is 0.0394. The summed E-state index contributed by atoms with van der Waals surface area (Å²) in [5.74, 6) is 0.202. The average Bonchev–Trinajstić information content (AvgIpc) is 2.52. The zero-order chi connectivity index (χ0) is 17.7. The molecule has 0 unspecified atom stereocenters. The number of anilines is 2. The van der Waals surface area contributed by atoms with Crippen LogP contribution in [0.1, 0.15) is 11.4 Å². The number of para-hydroxylation sites is 1. The molecule has 7 nitrogen and oxygen atoms in total. The molecule has 0 spiro atoms. The average molecular weight is 332 g/mol. The predicted octanol–water partition coefficient (Wildman–Crippen LogP) is 2.19. The van der Waals surface area contributed by atoms with Gasteiger partial charge in [-0.25, -0.2) is 0 Å². The van der Waals surface area contributed by atoms with E-state index in [1.807, 2.05) is 6.07 Å². The zero-order valence-corrected chi connectivity index (χ0v) is 12.9. The molecule has 0 aliphatic heterocycles. The lowest BCUT2D eigenvalue weighted by Crippen LogP contribution is -2.15. The molecule has 0 saturated heterocycles. The Morgan fingerprint density at radius 1 is 1.29 bits per heavy atom. The molecule has 1 aromatic heterocycles. The first-order chi connectivity index (χ1) is 11.4. The van der Waals surface area contributed by atoms with Gasteiger partial charge in [-0.1, -0.05) is 18.2 Å². The molecule has 0 amide bonds. The summed E-state index contributed by atoms with van der Waals surface area (Å²) in [4.78, 5) is 13.6. The van der Waals surface area contributed by atoms with E-state index >= 15 is 0 Å². The quantitative estimate of drug-likeness (QED) is 0.837. The lowest BCUT2D eigenvalue weighted by atomic mass is 10.1. The SMILES string of the molecule is CN(C)c1nc(N)nc(/C(C#N)=C/c2ccccc2OC(F)F)n1. The number of nitrogen functional groups attached to an aromatic ring is 1. The van der Waals surface area contributed by atoms with Crippen molar-refractivity contribution >= 4 is 23.5 Å². The number of alkyl halides is 2. The topological polar surface area (TPSA) is 101 Å². The molecule has 24 heavy (non-hydrogen) atoms. The summed E-state index contributed by atoms with van der Waals surface area (Å²) in [6.07, 6.45) is 1.35. The number of hydrogen-bond acceptors (Lipinski definition) is 7. The van der Waals surface area contributed by atoms with Crippen LogP contribution in [-0.2, 0) is 0 Å². The summed E-state index contributed by atoms with van der Waals surface area (Å²) in [6, 6.07) is 8.02. The highest BCUT2D eigenvalue weighted by molar-refractivity contribution is 5.88. The number of benzene rings is 1. The largest absolute Gasteiger partial charge is 0.434 e. The summed E-state index contributed by atoms with van der Waals surface area (Å²) in [6.45, 7) is -2.97. The van der Waals surface area contributed by atoms with Crippen molar-refractivity contribution in [1.82, 2.24) is 15.0 Å². The van der Waals surface area contributed by atoms with E-state index < -0.39 is 6.61 Å². The Morgan fingerprint density at radius 2 is 2.00 bits per heavy atom. The van der Waals surface area contributed by atoms with E-state index in [2.05, 4.69) is 19.7 Å². The molecule has 0 saturated carbocycles. The highest BCUT2D eigenvalue weighted by Gasteiger charge is 2.13. The third-order valence-electron chi connectivity index (χ3n) is 2.84. The molecule has 1 aromatic carbocycles. The van der Waals surface area contributed by atoms with Crippen molar-refractivity contribution in [2.24, 2.45) is 0 Å². The number of ether oxygens (including phenoxy) is 1. The van der Waals surface area contributed by atoms with Gasteiger partial charge in [0.05, 0.1) is 5.57 Å². The van der Waals surface area contributed by atoms with Gasteiger partial charge in [-0.15, -0.1) is 0 Å². The Bertz CT molecular complexity index is 801. The minimum Gasteiger partial charge on any atom is -0.434 e. The van der Waals surface area contributed by atoms with Gasteiger partial charge in [0.15, 0.2) is 5.82 Å². The molecule has 0 fully saturated rings. The van der Waals surface area contributed by atoms with Gasteiger partial charge in [-0.05, 0) is 12.1 Å². The Morgan fingerprint density at radius 3 is 2.62 bits per heavy atom. The highest BCUT2D eigenvalue weighted by Crippen LogP contribution is 2.25. The molecular weight excluding hydrogens is 318 g/mol. The van der Waals surface area contributed by atoms with E-state index in [4.69, 9.17) is 5.73 Å². The van der Waals surface area contributed by atoms with Gasteiger partial charge in [-0.2, -0.15) is 29.0 Å². The van der Waals surface area contributed by atoms with E-state index in [1.54, 1.807) is 31.1 Å². The number of rotatable bonds is 5. The fourth-order valence-corrected chi connectivity index (χ4v) is 1.81. The lowest BCUT2D eigenvalue weighted by Gasteiger charge is -2.11. The van der Waals surface area contributed by atoms with Crippen LogP contribution in [0.3, 0.4) is 0 Å². The monoisotopic (exact) mass is 332 g/mol. The summed E-state index contributed by atoms with van der Waals surface area (Å²) >= 11 is 0. The molecular formula is C15H14F2N6O. The third-order valence-corrected chi connectivity index (χ3v) is 2.84. The van der Waals surface area contributed by atoms with Crippen molar-refractivity contribution in [3.05, 3.63) is 35.7 Å². The molecule has 124 valence electrons.